The molecule has 0 radical (unpaired) electrons. The van der Waals surface area contributed by atoms with Crippen molar-refractivity contribution in [2.45, 2.75) is 19.4 Å². The van der Waals surface area contributed by atoms with Gasteiger partial charge in [-0.05, 0) is 56.6 Å². The molecular weight excluding hydrogens is 231 g/mol. The molecule has 1 fully saturated rings. The number of halogens is 1. The molecule has 1 unspecified atom stereocenters. The van der Waals surface area contributed by atoms with Crippen molar-refractivity contribution in [3.63, 3.8) is 0 Å². The van der Waals surface area contributed by atoms with E-state index in [1.807, 2.05) is 0 Å². The second-order valence-corrected chi connectivity index (χ2v) is 5.19. The highest BCUT2D eigenvalue weighted by molar-refractivity contribution is 5.27. The molecule has 1 aliphatic heterocycles. The van der Waals surface area contributed by atoms with Gasteiger partial charge in [0.15, 0.2) is 11.6 Å². The number of nitrogens with zero attached hydrogens (tertiary/aromatic N) is 1. The fourth-order valence-electron chi connectivity index (χ4n) is 2.55. The molecule has 0 saturated carbocycles. The van der Waals surface area contributed by atoms with Crippen LogP contribution in [0.2, 0.25) is 0 Å². The molecule has 2 N–H and O–H groups in total. The van der Waals surface area contributed by atoms with E-state index in [0.29, 0.717) is 12.5 Å². The average Bonchev–Trinajstić information content (AvgIpc) is 2.35. The SMILES string of the molecule is CN(Cc1ccc(O)c(F)c1)CC1CCCNC1. The lowest BCUT2D eigenvalue weighted by Gasteiger charge is -2.27. The van der Waals surface area contributed by atoms with Gasteiger partial charge in [0.25, 0.3) is 0 Å². The number of nitrogens with one attached hydrogen (secondary N) is 1. The molecule has 2 rings (SSSR count). The Bertz CT molecular complexity index is 391. The van der Waals surface area contributed by atoms with Crippen molar-refractivity contribution in [1.82, 2.24) is 10.2 Å². The molecule has 0 bridgehead atoms. The van der Waals surface area contributed by atoms with E-state index in [-0.39, 0.29) is 5.75 Å². The van der Waals surface area contributed by atoms with Gasteiger partial charge in [0.05, 0.1) is 0 Å². The minimum atomic E-state index is -0.541. The Morgan fingerprint density at radius 2 is 2.33 bits per heavy atom. The van der Waals surface area contributed by atoms with E-state index >= 15 is 0 Å². The number of aromatic hydroxyl groups is 1. The van der Waals surface area contributed by atoms with Crippen LogP contribution in [0.25, 0.3) is 0 Å². The molecule has 18 heavy (non-hydrogen) atoms. The molecule has 1 saturated heterocycles. The van der Waals surface area contributed by atoms with Gasteiger partial charge >= 0.3 is 0 Å². The molecule has 4 heteroatoms. The van der Waals surface area contributed by atoms with Crippen LogP contribution in [0.1, 0.15) is 18.4 Å². The zero-order valence-electron chi connectivity index (χ0n) is 10.8. The minimum absolute atomic E-state index is 0.280. The number of piperidine rings is 1. The maximum absolute atomic E-state index is 13.2. The number of hydrogen-bond acceptors (Lipinski definition) is 3. The van der Waals surface area contributed by atoms with Crippen LogP contribution >= 0.6 is 0 Å². The van der Waals surface area contributed by atoms with Crippen molar-refractivity contribution in [3.05, 3.63) is 29.6 Å². The van der Waals surface area contributed by atoms with Crippen LogP contribution in [-0.4, -0.2) is 36.7 Å². The summed E-state index contributed by atoms with van der Waals surface area (Å²) in [5.74, 6) is -0.135. The van der Waals surface area contributed by atoms with Gasteiger partial charge in [-0.3, -0.25) is 0 Å². The summed E-state index contributed by atoms with van der Waals surface area (Å²) >= 11 is 0. The number of benzene rings is 1. The molecule has 3 nitrogen and oxygen atoms in total. The van der Waals surface area contributed by atoms with Gasteiger partial charge in [0.2, 0.25) is 0 Å². The van der Waals surface area contributed by atoms with Crippen LogP contribution in [-0.2, 0) is 6.54 Å². The summed E-state index contributed by atoms with van der Waals surface area (Å²) in [5.41, 5.74) is 0.900. The van der Waals surface area contributed by atoms with Gasteiger partial charge in [0, 0.05) is 13.1 Å². The Balaban J connectivity index is 1.85. The first-order chi connectivity index (χ1) is 8.65. The van der Waals surface area contributed by atoms with E-state index in [4.69, 9.17) is 5.11 Å². The third kappa shape index (κ3) is 3.68. The smallest absolute Gasteiger partial charge is 0.165 e. The minimum Gasteiger partial charge on any atom is -0.505 e. The summed E-state index contributed by atoms with van der Waals surface area (Å²) in [6.07, 6.45) is 2.51. The van der Waals surface area contributed by atoms with Crippen molar-refractivity contribution in [1.29, 1.82) is 0 Å². The quantitative estimate of drug-likeness (QED) is 0.860. The van der Waals surface area contributed by atoms with E-state index in [1.165, 1.54) is 25.0 Å². The standard InChI is InChI=1S/C14H21FN2O/c1-17(10-12-3-2-6-16-8-12)9-11-4-5-14(18)13(15)7-11/h4-5,7,12,16,18H,2-3,6,8-10H2,1H3. The Kier molecular flexibility index (Phi) is 4.55. The third-order valence-corrected chi connectivity index (χ3v) is 3.43. The third-order valence-electron chi connectivity index (χ3n) is 3.43. The van der Waals surface area contributed by atoms with Gasteiger partial charge in [-0.1, -0.05) is 6.07 Å². The van der Waals surface area contributed by atoms with Crippen LogP contribution in [0.4, 0.5) is 4.39 Å². The first-order valence-corrected chi connectivity index (χ1v) is 6.52. The fourth-order valence-corrected chi connectivity index (χ4v) is 2.55. The second-order valence-electron chi connectivity index (χ2n) is 5.19. The average molecular weight is 252 g/mol. The fraction of sp³-hybridized carbons (Fsp3) is 0.571. The van der Waals surface area contributed by atoms with Gasteiger partial charge in [0.1, 0.15) is 0 Å². The molecule has 1 aromatic carbocycles. The van der Waals surface area contributed by atoms with E-state index in [1.54, 1.807) is 6.07 Å². The zero-order chi connectivity index (χ0) is 13.0. The molecule has 1 aromatic rings. The van der Waals surface area contributed by atoms with Gasteiger partial charge in [-0.2, -0.15) is 0 Å². The first-order valence-electron chi connectivity index (χ1n) is 6.52. The lowest BCUT2D eigenvalue weighted by molar-refractivity contribution is 0.237. The highest BCUT2D eigenvalue weighted by Gasteiger charge is 2.15. The van der Waals surface area contributed by atoms with E-state index in [9.17, 15) is 4.39 Å². The van der Waals surface area contributed by atoms with E-state index < -0.39 is 5.82 Å². The van der Waals surface area contributed by atoms with Crippen molar-refractivity contribution in [3.8, 4) is 5.75 Å². The summed E-state index contributed by atoms with van der Waals surface area (Å²) in [5, 5.41) is 12.5. The summed E-state index contributed by atoms with van der Waals surface area (Å²) < 4.78 is 13.2. The number of phenols is 1. The Labute approximate surface area is 108 Å². The zero-order valence-corrected chi connectivity index (χ0v) is 10.8. The number of rotatable bonds is 4. The Morgan fingerprint density at radius 3 is 3.00 bits per heavy atom. The molecule has 0 aliphatic carbocycles. The molecule has 1 aliphatic rings. The monoisotopic (exact) mass is 252 g/mol. The summed E-state index contributed by atoms with van der Waals surface area (Å²) in [7, 11) is 2.05. The van der Waals surface area contributed by atoms with Gasteiger partial charge in [-0.25, -0.2) is 4.39 Å². The topological polar surface area (TPSA) is 35.5 Å². The molecule has 0 aromatic heterocycles. The first kappa shape index (κ1) is 13.3. The maximum atomic E-state index is 13.2. The van der Waals surface area contributed by atoms with Crippen molar-refractivity contribution < 1.29 is 9.50 Å². The van der Waals surface area contributed by atoms with E-state index in [2.05, 4.69) is 17.3 Å². The van der Waals surface area contributed by atoms with Crippen molar-refractivity contribution in [2.75, 3.05) is 26.7 Å². The maximum Gasteiger partial charge on any atom is 0.165 e. The lowest BCUT2D eigenvalue weighted by atomic mass is 9.99. The van der Waals surface area contributed by atoms with Crippen LogP contribution in [0.3, 0.4) is 0 Å². The highest BCUT2D eigenvalue weighted by Crippen LogP contribution is 2.18. The van der Waals surface area contributed by atoms with Crippen molar-refractivity contribution >= 4 is 0 Å². The molecule has 0 amide bonds. The molecule has 0 spiro atoms. The number of phenolic OH excluding ortho intramolecular Hbond substituents is 1. The normalized spacial score (nSPS) is 20.3. The molecule has 1 atom stereocenters. The molecule has 100 valence electrons. The predicted octanol–water partition coefficient (Wildman–Crippen LogP) is 1.96. The summed E-state index contributed by atoms with van der Waals surface area (Å²) in [6, 6.07) is 4.60. The van der Waals surface area contributed by atoms with Crippen LogP contribution in [0.15, 0.2) is 18.2 Å². The van der Waals surface area contributed by atoms with Crippen LogP contribution in [0.5, 0.6) is 5.75 Å². The molecule has 1 heterocycles. The summed E-state index contributed by atoms with van der Waals surface area (Å²) in [6.45, 7) is 3.95. The highest BCUT2D eigenvalue weighted by atomic mass is 19.1. The van der Waals surface area contributed by atoms with Gasteiger partial charge in [-0.15, -0.1) is 0 Å². The summed E-state index contributed by atoms with van der Waals surface area (Å²) in [4.78, 5) is 2.21. The largest absolute Gasteiger partial charge is 0.505 e. The van der Waals surface area contributed by atoms with Gasteiger partial charge < -0.3 is 15.3 Å². The lowest BCUT2D eigenvalue weighted by Crippen LogP contribution is -2.36. The predicted molar refractivity (Wildman–Crippen MR) is 70.0 cm³/mol. The van der Waals surface area contributed by atoms with Crippen LogP contribution < -0.4 is 5.32 Å². The van der Waals surface area contributed by atoms with E-state index in [0.717, 1.165) is 25.2 Å². The van der Waals surface area contributed by atoms with Crippen LogP contribution in [0, 0.1) is 11.7 Å². The Morgan fingerprint density at radius 1 is 1.50 bits per heavy atom. The van der Waals surface area contributed by atoms with Crippen molar-refractivity contribution in [2.24, 2.45) is 5.92 Å². The Hall–Kier alpha value is -1.13. The molecular formula is C14H21FN2O. The second kappa shape index (κ2) is 6.16. The number of hydrogen-bond donors (Lipinski definition) is 2.